The van der Waals surface area contributed by atoms with Gasteiger partial charge in [-0.25, -0.2) is 0 Å². The van der Waals surface area contributed by atoms with E-state index in [0.717, 1.165) is 6.42 Å². The molecule has 1 amide bonds. The lowest BCUT2D eigenvalue weighted by Gasteiger charge is -2.15. The Balaban J connectivity index is 2.71. The zero-order valence-corrected chi connectivity index (χ0v) is 12.3. The van der Waals surface area contributed by atoms with Gasteiger partial charge in [0.25, 0.3) is 5.91 Å². The molecule has 1 aromatic rings. The molecule has 2 N–H and O–H groups in total. The van der Waals surface area contributed by atoms with Gasteiger partial charge >= 0.3 is 0 Å². The Morgan fingerprint density at radius 3 is 2.65 bits per heavy atom. The van der Waals surface area contributed by atoms with E-state index in [0.29, 0.717) is 30.0 Å². The molecular formula is C15H23NO4. The molecule has 0 fully saturated rings. The molecule has 1 rings (SSSR count). The third-order valence-electron chi connectivity index (χ3n) is 3.32. The van der Waals surface area contributed by atoms with E-state index in [9.17, 15) is 4.79 Å². The Kier molecular flexibility index (Phi) is 6.87. The molecule has 5 nitrogen and oxygen atoms in total. The lowest BCUT2D eigenvalue weighted by molar-refractivity contribution is 0.0940. The SMILES string of the molecule is CCC(CCO)CNC(=O)c1ccc(OC)cc1OC. The van der Waals surface area contributed by atoms with Crippen molar-refractivity contribution in [2.24, 2.45) is 5.92 Å². The number of aliphatic hydroxyl groups excluding tert-OH is 1. The third-order valence-corrected chi connectivity index (χ3v) is 3.32. The summed E-state index contributed by atoms with van der Waals surface area (Å²) in [6.45, 7) is 2.73. The van der Waals surface area contributed by atoms with E-state index in [1.54, 1.807) is 25.3 Å². The average Bonchev–Trinajstić information content (AvgIpc) is 2.50. The van der Waals surface area contributed by atoms with Gasteiger partial charge in [0.15, 0.2) is 0 Å². The minimum absolute atomic E-state index is 0.139. The van der Waals surface area contributed by atoms with Crippen LogP contribution in [0.15, 0.2) is 18.2 Å². The molecule has 5 heteroatoms. The summed E-state index contributed by atoms with van der Waals surface area (Å²) in [5, 5.41) is 11.8. The molecule has 0 spiro atoms. The Morgan fingerprint density at radius 1 is 1.35 bits per heavy atom. The number of rotatable bonds is 8. The standard InChI is InChI=1S/C15H23NO4/c1-4-11(7-8-17)10-16-15(18)13-6-5-12(19-2)9-14(13)20-3/h5-6,9,11,17H,4,7-8,10H2,1-3H3,(H,16,18). The molecule has 112 valence electrons. The maximum atomic E-state index is 12.2. The van der Waals surface area contributed by atoms with Crippen molar-refractivity contribution >= 4 is 5.91 Å². The molecule has 0 aliphatic heterocycles. The van der Waals surface area contributed by atoms with E-state index in [1.807, 2.05) is 6.92 Å². The van der Waals surface area contributed by atoms with Gasteiger partial charge in [-0.3, -0.25) is 4.79 Å². The van der Waals surface area contributed by atoms with Crippen LogP contribution in [0.3, 0.4) is 0 Å². The van der Waals surface area contributed by atoms with Gasteiger partial charge in [0.1, 0.15) is 11.5 Å². The van der Waals surface area contributed by atoms with E-state index < -0.39 is 0 Å². The zero-order chi connectivity index (χ0) is 15.0. The second kappa shape index (κ2) is 8.43. The van der Waals surface area contributed by atoms with E-state index in [2.05, 4.69) is 5.32 Å². The summed E-state index contributed by atoms with van der Waals surface area (Å²) in [5.41, 5.74) is 0.479. The Morgan fingerprint density at radius 2 is 2.10 bits per heavy atom. The largest absolute Gasteiger partial charge is 0.497 e. The predicted octanol–water partition coefficient (Wildman–Crippen LogP) is 1.84. The van der Waals surface area contributed by atoms with Crippen LogP contribution < -0.4 is 14.8 Å². The summed E-state index contributed by atoms with van der Waals surface area (Å²) >= 11 is 0. The first-order valence-corrected chi connectivity index (χ1v) is 6.77. The van der Waals surface area contributed by atoms with Gasteiger partial charge in [-0.1, -0.05) is 13.3 Å². The highest BCUT2D eigenvalue weighted by atomic mass is 16.5. The van der Waals surface area contributed by atoms with Crippen LogP contribution in [0, 0.1) is 5.92 Å². The van der Waals surface area contributed by atoms with Crippen LogP contribution in [0.25, 0.3) is 0 Å². The first kappa shape index (κ1) is 16.3. The summed E-state index contributed by atoms with van der Waals surface area (Å²) < 4.78 is 10.3. The van der Waals surface area contributed by atoms with Crippen molar-refractivity contribution in [2.45, 2.75) is 19.8 Å². The molecule has 0 saturated carbocycles. The number of hydrogen-bond acceptors (Lipinski definition) is 4. The van der Waals surface area contributed by atoms with Gasteiger partial charge in [-0.2, -0.15) is 0 Å². The predicted molar refractivity (Wildman–Crippen MR) is 77.4 cm³/mol. The van der Waals surface area contributed by atoms with Crippen LogP contribution in [0.1, 0.15) is 30.1 Å². The summed E-state index contributed by atoms with van der Waals surface area (Å²) in [7, 11) is 3.08. The smallest absolute Gasteiger partial charge is 0.255 e. The molecule has 1 atom stereocenters. The van der Waals surface area contributed by atoms with Gasteiger partial charge in [0.2, 0.25) is 0 Å². The molecule has 1 unspecified atom stereocenters. The number of nitrogens with one attached hydrogen (secondary N) is 1. The van der Waals surface area contributed by atoms with Crippen LogP contribution in [0.2, 0.25) is 0 Å². The molecule has 0 heterocycles. The van der Waals surface area contributed by atoms with Gasteiger partial charge in [0, 0.05) is 19.2 Å². The molecule has 0 aromatic heterocycles. The fourth-order valence-electron chi connectivity index (χ4n) is 1.95. The number of carbonyl (C=O) groups excluding carboxylic acids is 1. The summed E-state index contributed by atoms with van der Waals surface area (Å²) in [6, 6.07) is 5.09. The fourth-order valence-corrected chi connectivity index (χ4v) is 1.95. The number of benzene rings is 1. The van der Waals surface area contributed by atoms with Gasteiger partial charge in [-0.05, 0) is 24.5 Å². The molecule has 0 radical (unpaired) electrons. The fraction of sp³-hybridized carbons (Fsp3) is 0.533. The Hall–Kier alpha value is -1.75. The summed E-state index contributed by atoms with van der Waals surface area (Å²) in [4.78, 5) is 12.2. The van der Waals surface area contributed by atoms with Crippen molar-refractivity contribution < 1.29 is 19.4 Å². The van der Waals surface area contributed by atoms with E-state index in [4.69, 9.17) is 14.6 Å². The molecule has 20 heavy (non-hydrogen) atoms. The Bertz CT molecular complexity index is 434. The Labute approximate surface area is 119 Å². The minimum Gasteiger partial charge on any atom is -0.497 e. The second-order valence-electron chi connectivity index (χ2n) is 4.56. The maximum Gasteiger partial charge on any atom is 0.255 e. The first-order chi connectivity index (χ1) is 9.65. The van der Waals surface area contributed by atoms with Gasteiger partial charge in [0.05, 0.1) is 19.8 Å². The van der Waals surface area contributed by atoms with E-state index >= 15 is 0 Å². The highest BCUT2D eigenvalue weighted by Crippen LogP contribution is 2.24. The molecule has 0 bridgehead atoms. The van der Waals surface area contributed by atoms with Crippen LogP contribution in [0.4, 0.5) is 0 Å². The minimum atomic E-state index is -0.180. The zero-order valence-electron chi connectivity index (χ0n) is 12.3. The van der Waals surface area contributed by atoms with Crippen molar-refractivity contribution in [1.82, 2.24) is 5.32 Å². The highest BCUT2D eigenvalue weighted by Gasteiger charge is 2.14. The van der Waals surface area contributed by atoms with Gasteiger partial charge in [-0.15, -0.1) is 0 Å². The molecule has 0 aliphatic rings. The molecule has 1 aromatic carbocycles. The maximum absolute atomic E-state index is 12.2. The highest BCUT2D eigenvalue weighted by molar-refractivity contribution is 5.97. The molecule has 0 aliphatic carbocycles. The quantitative estimate of drug-likeness (QED) is 0.763. The van der Waals surface area contributed by atoms with Crippen LogP contribution in [-0.2, 0) is 0 Å². The lowest BCUT2D eigenvalue weighted by Crippen LogP contribution is -2.29. The third kappa shape index (κ3) is 4.42. The van der Waals surface area contributed by atoms with E-state index in [1.165, 1.54) is 7.11 Å². The number of aliphatic hydroxyl groups is 1. The van der Waals surface area contributed by atoms with E-state index in [-0.39, 0.29) is 18.4 Å². The molecular weight excluding hydrogens is 258 g/mol. The topological polar surface area (TPSA) is 67.8 Å². The normalized spacial score (nSPS) is 11.8. The van der Waals surface area contributed by atoms with Crippen molar-refractivity contribution in [1.29, 1.82) is 0 Å². The van der Waals surface area contributed by atoms with Gasteiger partial charge < -0.3 is 19.9 Å². The van der Waals surface area contributed by atoms with Crippen molar-refractivity contribution in [3.63, 3.8) is 0 Å². The van der Waals surface area contributed by atoms with Crippen LogP contribution in [0.5, 0.6) is 11.5 Å². The summed E-state index contributed by atoms with van der Waals surface area (Å²) in [5.74, 6) is 1.23. The monoisotopic (exact) mass is 281 g/mol. The number of carbonyl (C=O) groups is 1. The average molecular weight is 281 g/mol. The number of methoxy groups -OCH3 is 2. The second-order valence-corrected chi connectivity index (χ2v) is 4.56. The lowest BCUT2D eigenvalue weighted by atomic mass is 10.0. The molecule has 0 saturated heterocycles. The number of hydrogen-bond donors (Lipinski definition) is 2. The summed E-state index contributed by atoms with van der Waals surface area (Å²) in [6.07, 6.45) is 1.61. The first-order valence-electron chi connectivity index (χ1n) is 6.77. The van der Waals surface area contributed by atoms with Crippen molar-refractivity contribution in [2.75, 3.05) is 27.4 Å². The van der Waals surface area contributed by atoms with Crippen molar-refractivity contribution in [3.05, 3.63) is 23.8 Å². The van der Waals surface area contributed by atoms with Crippen LogP contribution in [-0.4, -0.2) is 38.4 Å². The van der Waals surface area contributed by atoms with Crippen LogP contribution >= 0.6 is 0 Å². The number of ether oxygens (including phenoxy) is 2. The van der Waals surface area contributed by atoms with Crippen molar-refractivity contribution in [3.8, 4) is 11.5 Å². The number of amides is 1.